The van der Waals surface area contributed by atoms with Crippen LogP contribution in [0.4, 0.5) is 4.79 Å². The first-order chi connectivity index (χ1) is 8.26. The van der Waals surface area contributed by atoms with E-state index < -0.39 is 0 Å². The van der Waals surface area contributed by atoms with Crippen molar-refractivity contribution in [2.75, 3.05) is 6.54 Å². The molecule has 0 aliphatic carbocycles. The van der Waals surface area contributed by atoms with Gasteiger partial charge in [-0.3, -0.25) is 0 Å². The highest BCUT2D eigenvalue weighted by molar-refractivity contribution is 5.67. The van der Waals surface area contributed by atoms with Crippen LogP contribution >= 0.6 is 0 Å². The zero-order chi connectivity index (χ0) is 12.5. The number of hydrogen-bond donors (Lipinski definition) is 1. The van der Waals surface area contributed by atoms with E-state index in [1.54, 1.807) is 0 Å². The highest BCUT2D eigenvalue weighted by Gasteiger charge is 2.07. The molecule has 1 N–H and O–H groups in total. The topological polar surface area (TPSA) is 38.3 Å². The molecule has 1 rings (SSSR count). The maximum atomic E-state index is 11.4. The number of amides is 1. The molecule has 0 heterocycles. The Balaban J connectivity index is 2.22. The summed E-state index contributed by atoms with van der Waals surface area (Å²) in [5, 5.41) is 2.79. The summed E-state index contributed by atoms with van der Waals surface area (Å²) in [6.07, 6.45) is 1.83. The summed E-state index contributed by atoms with van der Waals surface area (Å²) in [4.78, 5) is 11.4. The highest BCUT2D eigenvalue weighted by atomic mass is 16.5. The van der Waals surface area contributed by atoms with Crippen molar-refractivity contribution in [3.63, 3.8) is 0 Å². The van der Waals surface area contributed by atoms with Crippen LogP contribution in [0.3, 0.4) is 0 Å². The van der Waals surface area contributed by atoms with Gasteiger partial charge in [0.25, 0.3) is 0 Å². The number of nitrogens with one attached hydrogen (secondary N) is 1. The molecule has 0 aliphatic rings. The third-order valence-corrected chi connectivity index (χ3v) is 2.90. The van der Waals surface area contributed by atoms with Gasteiger partial charge in [0.15, 0.2) is 0 Å². The first-order valence-corrected chi connectivity index (χ1v) is 6.20. The van der Waals surface area contributed by atoms with E-state index >= 15 is 0 Å². The Labute approximate surface area is 103 Å². The first kappa shape index (κ1) is 13.6. The molecular weight excluding hydrogens is 214 g/mol. The van der Waals surface area contributed by atoms with Gasteiger partial charge in [0, 0.05) is 6.54 Å². The lowest BCUT2D eigenvalue weighted by atomic mass is 10.0. The molecule has 0 fully saturated rings. The average Bonchev–Trinajstić information content (AvgIpc) is 2.39. The molecule has 1 aromatic carbocycles. The van der Waals surface area contributed by atoms with E-state index in [-0.39, 0.29) is 6.09 Å². The zero-order valence-corrected chi connectivity index (χ0v) is 10.6. The lowest BCUT2D eigenvalue weighted by molar-refractivity contribution is 0.137. The summed E-state index contributed by atoms with van der Waals surface area (Å²) < 4.78 is 5.12. The minimum absolute atomic E-state index is 0.329. The van der Waals surface area contributed by atoms with Gasteiger partial charge in [-0.1, -0.05) is 57.0 Å². The standard InChI is InChI=1S/C14H21NO2/c1-3-12(4-2)10-15-14(16)17-11-13-8-6-5-7-9-13/h5-9,12H,3-4,10-11H2,1-2H3,(H,15,16). The number of rotatable bonds is 6. The van der Waals surface area contributed by atoms with Crippen molar-refractivity contribution >= 4 is 6.09 Å². The van der Waals surface area contributed by atoms with Gasteiger partial charge in [-0.15, -0.1) is 0 Å². The fraction of sp³-hybridized carbons (Fsp3) is 0.500. The van der Waals surface area contributed by atoms with Crippen molar-refractivity contribution in [1.29, 1.82) is 0 Å². The van der Waals surface area contributed by atoms with Gasteiger partial charge in [-0.2, -0.15) is 0 Å². The highest BCUT2D eigenvalue weighted by Crippen LogP contribution is 2.05. The Morgan fingerprint density at radius 1 is 1.24 bits per heavy atom. The second-order valence-electron chi connectivity index (χ2n) is 4.13. The van der Waals surface area contributed by atoms with Crippen molar-refractivity contribution < 1.29 is 9.53 Å². The van der Waals surface area contributed by atoms with Crippen LogP contribution in [0.2, 0.25) is 0 Å². The maximum absolute atomic E-state index is 11.4. The molecule has 0 saturated carbocycles. The van der Waals surface area contributed by atoms with E-state index in [1.807, 2.05) is 30.3 Å². The number of ether oxygens (including phenoxy) is 1. The van der Waals surface area contributed by atoms with Gasteiger partial charge in [0.2, 0.25) is 0 Å². The average molecular weight is 235 g/mol. The van der Waals surface area contributed by atoms with E-state index in [4.69, 9.17) is 4.74 Å². The molecule has 0 saturated heterocycles. The van der Waals surface area contributed by atoms with Crippen molar-refractivity contribution in [3.8, 4) is 0 Å². The lowest BCUT2D eigenvalue weighted by Gasteiger charge is -2.13. The molecule has 1 amide bonds. The number of benzene rings is 1. The molecule has 17 heavy (non-hydrogen) atoms. The quantitative estimate of drug-likeness (QED) is 0.821. The second kappa shape index (κ2) is 7.71. The molecule has 3 heteroatoms. The van der Waals surface area contributed by atoms with Gasteiger partial charge >= 0.3 is 6.09 Å². The minimum atomic E-state index is -0.333. The number of alkyl carbamates (subject to hydrolysis) is 1. The van der Waals surface area contributed by atoms with Crippen LogP contribution < -0.4 is 5.32 Å². The fourth-order valence-corrected chi connectivity index (χ4v) is 1.58. The first-order valence-electron chi connectivity index (χ1n) is 6.20. The van der Waals surface area contributed by atoms with Crippen LogP contribution in [0.25, 0.3) is 0 Å². The molecule has 0 aliphatic heterocycles. The number of carbonyl (C=O) groups excluding carboxylic acids is 1. The SMILES string of the molecule is CCC(CC)CNC(=O)OCc1ccccc1. The van der Waals surface area contributed by atoms with Gasteiger partial charge < -0.3 is 10.1 Å². The third kappa shape index (κ3) is 5.38. The summed E-state index contributed by atoms with van der Waals surface area (Å²) in [7, 11) is 0. The molecule has 1 aromatic rings. The Morgan fingerprint density at radius 2 is 1.88 bits per heavy atom. The summed E-state index contributed by atoms with van der Waals surface area (Å²) in [6, 6.07) is 9.68. The Kier molecular flexibility index (Phi) is 6.15. The largest absolute Gasteiger partial charge is 0.445 e. The summed E-state index contributed by atoms with van der Waals surface area (Å²) in [5.74, 6) is 0.541. The maximum Gasteiger partial charge on any atom is 0.407 e. The van der Waals surface area contributed by atoms with Crippen LogP contribution in [0, 0.1) is 5.92 Å². The Hall–Kier alpha value is -1.51. The molecule has 0 bridgehead atoms. The summed E-state index contributed by atoms with van der Waals surface area (Å²) in [6.45, 7) is 5.28. The molecular formula is C14H21NO2. The van der Waals surface area contributed by atoms with Gasteiger partial charge in [0.1, 0.15) is 6.61 Å². The van der Waals surface area contributed by atoms with Crippen LogP contribution in [0.15, 0.2) is 30.3 Å². The summed E-state index contributed by atoms with van der Waals surface area (Å²) >= 11 is 0. The van der Waals surface area contributed by atoms with Crippen molar-refractivity contribution in [2.45, 2.75) is 33.3 Å². The van der Waals surface area contributed by atoms with Gasteiger partial charge in [-0.05, 0) is 11.5 Å². The predicted molar refractivity (Wildman–Crippen MR) is 68.7 cm³/mol. The zero-order valence-electron chi connectivity index (χ0n) is 10.6. The Morgan fingerprint density at radius 3 is 2.47 bits per heavy atom. The fourth-order valence-electron chi connectivity index (χ4n) is 1.58. The Bertz CT molecular complexity index is 320. The number of carbonyl (C=O) groups is 1. The molecule has 0 atom stereocenters. The van der Waals surface area contributed by atoms with Crippen LogP contribution in [0.1, 0.15) is 32.3 Å². The summed E-state index contributed by atoms with van der Waals surface area (Å²) in [5.41, 5.74) is 1.00. The van der Waals surface area contributed by atoms with Crippen LogP contribution in [-0.4, -0.2) is 12.6 Å². The van der Waals surface area contributed by atoms with Gasteiger partial charge in [0.05, 0.1) is 0 Å². The lowest BCUT2D eigenvalue weighted by Crippen LogP contribution is -2.29. The van der Waals surface area contributed by atoms with Crippen molar-refractivity contribution in [1.82, 2.24) is 5.32 Å². The smallest absolute Gasteiger partial charge is 0.407 e. The van der Waals surface area contributed by atoms with E-state index in [0.717, 1.165) is 18.4 Å². The molecule has 0 spiro atoms. The van der Waals surface area contributed by atoms with Gasteiger partial charge in [-0.25, -0.2) is 4.79 Å². The van der Waals surface area contributed by atoms with E-state index in [2.05, 4.69) is 19.2 Å². The van der Waals surface area contributed by atoms with Crippen molar-refractivity contribution in [3.05, 3.63) is 35.9 Å². The van der Waals surface area contributed by atoms with E-state index in [0.29, 0.717) is 19.1 Å². The second-order valence-corrected chi connectivity index (χ2v) is 4.13. The third-order valence-electron chi connectivity index (χ3n) is 2.90. The molecule has 0 unspecified atom stereocenters. The molecule has 0 radical (unpaired) electrons. The van der Waals surface area contributed by atoms with E-state index in [1.165, 1.54) is 0 Å². The van der Waals surface area contributed by atoms with Crippen LogP contribution in [0.5, 0.6) is 0 Å². The predicted octanol–water partition coefficient (Wildman–Crippen LogP) is 3.35. The van der Waals surface area contributed by atoms with Crippen LogP contribution in [-0.2, 0) is 11.3 Å². The molecule has 94 valence electrons. The van der Waals surface area contributed by atoms with E-state index in [9.17, 15) is 4.79 Å². The monoisotopic (exact) mass is 235 g/mol. The number of hydrogen-bond acceptors (Lipinski definition) is 2. The van der Waals surface area contributed by atoms with Crippen molar-refractivity contribution in [2.24, 2.45) is 5.92 Å². The molecule has 0 aromatic heterocycles. The molecule has 3 nitrogen and oxygen atoms in total. The minimum Gasteiger partial charge on any atom is -0.445 e. The normalized spacial score (nSPS) is 10.3.